The standard InChI is InChI=1S/C8H20N.C2H2O4.Mn/c1-5-9(6-2,7-3)8-4;3-1(4)2(5)6;/h5-8H2,1-4H3;(H,3,4)(H,5,6);/q+1;;+1/p-2. The average Bonchev–Trinajstić information content (AvgIpc) is 2.23. The van der Waals surface area contributed by atoms with Crippen molar-refractivity contribution in [3.8, 4) is 0 Å². The van der Waals surface area contributed by atoms with Gasteiger partial charge in [0.15, 0.2) is 0 Å². The minimum atomic E-state index is -2.19. The van der Waals surface area contributed by atoms with Gasteiger partial charge in [0, 0.05) is 0 Å². The number of carbonyl (C=O) groups is 2. The molecule has 0 amide bonds. The maximum atomic E-state index is 8.93. The number of hydrogen-bond donors (Lipinski definition) is 0. The second-order valence-electron chi connectivity index (χ2n) is 3.18. The SMILES string of the molecule is CC[N+](CC)(CC)CC.O=C([O-])C(=O)[O-].[Mn+]. The number of rotatable bonds is 4. The van der Waals surface area contributed by atoms with Crippen LogP contribution >= 0.6 is 0 Å². The van der Waals surface area contributed by atoms with E-state index in [9.17, 15) is 0 Å². The molecule has 0 fully saturated rings. The van der Waals surface area contributed by atoms with E-state index < -0.39 is 11.9 Å². The van der Waals surface area contributed by atoms with Crippen LogP contribution < -0.4 is 10.2 Å². The first-order valence-electron chi connectivity index (χ1n) is 5.16. The summed E-state index contributed by atoms with van der Waals surface area (Å²) in [6.07, 6.45) is 0. The number of aliphatic carboxylic acids is 2. The van der Waals surface area contributed by atoms with Crippen molar-refractivity contribution < 1.29 is 41.4 Å². The summed E-state index contributed by atoms with van der Waals surface area (Å²) in [4.78, 5) is 17.9. The van der Waals surface area contributed by atoms with Gasteiger partial charge in [-0.2, -0.15) is 0 Å². The Morgan fingerprint density at radius 2 is 1.00 bits per heavy atom. The molecule has 0 unspecified atom stereocenters. The zero-order chi connectivity index (χ0) is 12.5. The third-order valence-electron chi connectivity index (χ3n) is 2.85. The summed E-state index contributed by atoms with van der Waals surface area (Å²) >= 11 is 0. The van der Waals surface area contributed by atoms with Crippen LogP contribution in [0.5, 0.6) is 0 Å². The number of quaternary nitrogens is 1. The number of nitrogens with zero attached hydrogens (tertiary/aromatic N) is 1. The van der Waals surface area contributed by atoms with Gasteiger partial charge >= 0.3 is 17.1 Å². The minimum absolute atomic E-state index is 0. The van der Waals surface area contributed by atoms with Crippen molar-refractivity contribution in [2.45, 2.75) is 27.7 Å². The molecule has 0 radical (unpaired) electrons. The molecule has 0 N–H and O–H groups in total. The Morgan fingerprint density at radius 3 is 1.00 bits per heavy atom. The van der Waals surface area contributed by atoms with Crippen molar-refractivity contribution in [3.05, 3.63) is 0 Å². The van der Waals surface area contributed by atoms with E-state index in [0.717, 1.165) is 0 Å². The molecule has 0 aliphatic carbocycles. The molecule has 0 spiro atoms. The van der Waals surface area contributed by atoms with E-state index in [-0.39, 0.29) is 17.1 Å². The van der Waals surface area contributed by atoms with Crippen molar-refractivity contribution >= 4 is 11.9 Å². The van der Waals surface area contributed by atoms with Crippen LogP contribution in [0.2, 0.25) is 0 Å². The molecule has 5 nitrogen and oxygen atoms in total. The van der Waals surface area contributed by atoms with Gasteiger partial charge in [-0.05, 0) is 27.7 Å². The molecule has 0 bridgehead atoms. The molecule has 0 saturated heterocycles. The van der Waals surface area contributed by atoms with Gasteiger partial charge in [-0.1, -0.05) is 0 Å². The molecule has 0 aliphatic rings. The largest absolute Gasteiger partial charge is 1.00 e. The average molecular weight is 273 g/mol. The summed E-state index contributed by atoms with van der Waals surface area (Å²) in [5.41, 5.74) is 0. The van der Waals surface area contributed by atoms with E-state index in [4.69, 9.17) is 19.8 Å². The number of carbonyl (C=O) groups excluding carboxylic acids is 2. The van der Waals surface area contributed by atoms with E-state index in [1.807, 2.05) is 0 Å². The molecular formula is C10H20MnNO4. The number of carboxylic acid groups (broad SMARTS) is 2. The van der Waals surface area contributed by atoms with Crippen LogP contribution in [-0.4, -0.2) is 42.6 Å². The Labute approximate surface area is 108 Å². The van der Waals surface area contributed by atoms with Crippen molar-refractivity contribution in [2.24, 2.45) is 0 Å². The van der Waals surface area contributed by atoms with Gasteiger partial charge in [0.05, 0.1) is 38.1 Å². The Hall–Kier alpha value is -0.581. The second kappa shape index (κ2) is 10.9. The first-order chi connectivity index (χ1) is 6.89. The molecule has 0 saturated carbocycles. The summed E-state index contributed by atoms with van der Waals surface area (Å²) in [5, 5.41) is 17.9. The third-order valence-corrected chi connectivity index (χ3v) is 2.85. The van der Waals surface area contributed by atoms with Crippen LogP contribution in [0.4, 0.5) is 0 Å². The molecule has 0 aromatic heterocycles. The molecule has 0 atom stereocenters. The van der Waals surface area contributed by atoms with Gasteiger partial charge in [0.1, 0.15) is 0 Å². The fraction of sp³-hybridized carbons (Fsp3) is 0.800. The monoisotopic (exact) mass is 273 g/mol. The normalized spacial score (nSPS) is 9.50. The summed E-state index contributed by atoms with van der Waals surface area (Å²) in [6, 6.07) is 0. The van der Waals surface area contributed by atoms with Gasteiger partial charge in [0.25, 0.3) is 0 Å². The molecule has 0 heterocycles. The van der Waals surface area contributed by atoms with E-state index in [0.29, 0.717) is 0 Å². The Kier molecular flexibility index (Phi) is 14.2. The summed E-state index contributed by atoms with van der Waals surface area (Å²) in [7, 11) is 0. The molecular weight excluding hydrogens is 253 g/mol. The molecule has 0 rings (SSSR count). The van der Waals surface area contributed by atoms with Crippen molar-refractivity contribution in [2.75, 3.05) is 26.2 Å². The zero-order valence-electron chi connectivity index (χ0n) is 10.3. The zero-order valence-corrected chi connectivity index (χ0v) is 11.5. The van der Waals surface area contributed by atoms with Crippen molar-refractivity contribution in [1.29, 1.82) is 0 Å². The van der Waals surface area contributed by atoms with Crippen molar-refractivity contribution in [1.82, 2.24) is 0 Å². The van der Waals surface area contributed by atoms with Crippen LogP contribution in [0.1, 0.15) is 27.7 Å². The maximum Gasteiger partial charge on any atom is 1.00 e. The van der Waals surface area contributed by atoms with Crippen LogP contribution in [-0.2, 0) is 26.7 Å². The van der Waals surface area contributed by atoms with Crippen LogP contribution in [0.25, 0.3) is 0 Å². The van der Waals surface area contributed by atoms with Crippen molar-refractivity contribution in [3.63, 3.8) is 0 Å². The van der Waals surface area contributed by atoms with Gasteiger partial charge in [-0.3, -0.25) is 0 Å². The van der Waals surface area contributed by atoms with E-state index in [1.54, 1.807) is 0 Å². The second-order valence-corrected chi connectivity index (χ2v) is 3.18. The van der Waals surface area contributed by atoms with Gasteiger partial charge in [0.2, 0.25) is 0 Å². The molecule has 0 aromatic rings. The number of carboxylic acids is 2. The van der Waals surface area contributed by atoms with E-state index in [1.165, 1.54) is 30.7 Å². The predicted octanol–water partition coefficient (Wildman–Crippen LogP) is -1.63. The van der Waals surface area contributed by atoms with Crippen LogP contribution in [0.3, 0.4) is 0 Å². The third kappa shape index (κ3) is 8.71. The van der Waals surface area contributed by atoms with Gasteiger partial charge in [-0.15, -0.1) is 0 Å². The first kappa shape index (κ1) is 20.8. The smallest absolute Gasteiger partial charge is 0.543 e. The van der Waals surface area contributed by atoms with Crippen LogP contribution in [0.15, 0.2) is 0 Å². The summed E-state index contributed by atoms with van der Waals surface area (Å²) in [6.45, 7) is 14.2. The molecule has 0 aromatic carbocycles. The minimum Gasteiger partial charge on any atom is -0.543 e. The summed E-state index contributed by atoms with van der Waals surface area (Å²) < 4.78 is 1.28. The summed E-state index contributed by atoms with van der Waals surface area (Å²) in [5.74, 6) is -4.37. The van der Waals surface area contributed by atoms with Gasteiger partial charge in [-0.25, -0.2) is 0 Å². The number of hydrogen-bond acceptors (Lipinski definition) is 4. The quantitative estimate of drug-likeness (QED) is 0.350. The Bertz CT molecular complexity index is 175. The Morgan fingerprint density at radius 1 is 0.812 bits per heavy atom. The van der Waals surface area contributed by atoms with Gasteiger partial charge < -0.3 is 24.3 Å². The fourth-order valence-corrected chi connectivity index (χ4v) is 1.34. The van der Waals surface area contributed by atoms with E-state index >= 15 is 0 Å². The molecule has 0 aliphatic heterocycles. The first-order valence-corrected chi connectivity index (χ1v) is 5.16. The fourth-order valence-electron chi connectivity index (χ4n) is 1.34. The molecule has 6 heteroatoms. The topological polar surface area (TPSA) is 80.3 Å². The predicted molar refractivity (Wildman–Crippen MR) is 52.4 cm³/mol. The maximum absolute atomic E-state index is 8.93. The van der Waals surface area contributed by atoms with E-state index in [2.05, 4.69) is 27.7 Å². The molecule has 96 valence electrons. The Balaban J connectivity index is -0.000000214. The van der Waals surface area contributed by atoms with Crippen LogP contribution in [0, 0.1) is 0 Å². The molecule has 16 heavy (non-hydrogen) atoms.